The molecule has 10 heteroatoms. The van der Waals surface area contributed by atoms with Crippen molar-refractivity contribution in [3.05, 3.63) is 91.8 Å². The molecule has 152 valence electrons. The molecular formula is C20H14BrFN4O4. The van der Waals surface area contributed by atoms with Gasteiger partial charge in [0.05, 0.1) is 10.5 Å². The van der Waals surface area contributed by atoms with Crippen LogP contribution in [0.5, 0.6) is 0 Å². The number of anilines is 2. The number of pyridine rings is 1. The van der Waals surface area contributed by atoms with Crippen LogP contribution in [0.3, 0.4) is 0 Å². The van der Waals surface area contributed by atoms with E-state index in [1.807, 2.05) is 0 Å². The van der Waals surface area contributed by atoms with Crippen LogP contribution < -0.4 is 10.6 Å². The Bertz CT molecular complexity index is 1150. The van der Waals surface area contributed by atoms with E-state index in [1.54, 1.807) is 24.3 Å². The first kappa shape index (κ1) is 21.1. The number of carbonyl (C=O) groups is 2. The van der Waals surface area contributed by atoms with Gasteiger partial charge in [-0.2, -0.15) is 0 Å². The lowest BCUT2D eigenvalue weighted by Crippen LogP contribution is -2.15. The second-order valence-corrected chi connectivity index (χ2v) is 7.13. The average molecular weight is 473 g/mol. The Hall–Kier alpha value is -3.66. The molecule has 1 heterocycles. The average Bonchev–Trinajstić information content (AvgIpc) is 2.71. The van der Waals surface area contributed by atoms with Gasteiger partial charge < -0.3 is 10.6 Å². The van der Waals surface area contributed by atoms with Crippen LogP contribution >= 0.6 is 15.9 Å². The Balaban J connectivity index is 1.78. The van der Waals surface area contributed by atoms with Crippen molar-refractivity contribution < 1.29 is 18.9 Å². The first-order valence-electron chi connectivity index (χ1n) is 8.53. The summed E-state index contributed by atoms with van der Waals surface area (Å²) in [6, 6.07) is 11.3. The van der Waals surface area contributed by atoms with Gasteiger partial charge in [0, 0.05) is 33.6 Å². The van der Waals surface area contributed by atoms with Crippen molar-refractivity contribution in [2.24, 2.45) is 0 Å². The summed E-state index contributed by atoms with van der Waals surface area (Å²) in [6.07, 6.45) is 1.53. The van der Waals surface area contributed by atoms with Crippen molar-refractivity contribution in [1.29, 1.82) is 0 Å². The minimum Gasteiger partial charge on any atom is -0.322 e. The van der Waals surface area contributed by atoms with Gasteiger partial charge in [-0.1, -0.05) is 6.07 Å². The van der Waals surface area contributed by atoms with Gasteiger partial charge in [0.2, 0.25) is 0 Å². The standard InChI is InChI=1S/C20H14BrFN4O4/c1-11-16(22)8-13(9-17(11)26(29)30)20(28)24-15-4-2-3-12(7-15)19(27)25-18-6-5-14(21)10-23-18/h2-10H,1H3,(H,24,28)(H,23,25,27). The van der Waals surface area contributed by atoms with Gasteiger partial charge in [-0.15, -0.1) is 0 Å². The normalized spacial score (nSPS) is 10.4. The third-order valence-electron chi connectivity index (χ3n) is 4.13. The van der Waals surface area contributed by atoms with E-state index in [2.05, 4.69) is 31.5 Å². The van der Waals surface area contributed by atoms with Gasteiger partial charge in [-0.05, 0) is 59.3 Å². The molecule has 3 rings (SSSR count). The third-order valence-corrected chi connectivity index (χ3v) is 4.60. The number of amides is 2. The summed E-state index contributed by atoms with van der Waals surface area (Å²) in [7, 11) is 0. The zero-order valence-electron chi connectivity index (χ0n) is 15.5. The highest BCUT2D eigenvalue weighted by molar-refractivity contribution is 9.10. The number of aromatic nitrogens is 1. The molecule has 0 fully saturated rings. The second kappa shape index (κ2) is 8.78. The molecule has 2 N–H and O–H groups in total. The summed E-state index contributed by atoms with van der Waals surface area (Å²) in [5.74, 6) is -1.70. The van der Waals surface area contributed by atoms with Crippen molar-refractivity contribution in [3.8, 4) is 0 Å². The maximum Gasteiger partial charge on any atom is 0.276 e. The van der Waals surface area contributed by atoms with E-state index in [9.17, 15) is 24.1 Å². The summed E-state index contributed by atoms with van der Waals surface area (Å²) in [5, 5.41) is 16.2. The molecule has 0 bridgehead atoms. The van der Waals surface area contributed by atoms with Crippen LogP contribution in [-0.4, -0.2) is 21.7 Å². The Labute approximate surface area is 178 Å². The van der Waals surface area contributed by atoms with Crippen molar-refractivity contribution in [3.63, 3.8) is 0 Å². The Morgan fingerprint density at radius 2 is 1.80 bits per heavy atom. The number of nitro benzene ring substituents is 1. The highest BCUT2D eigenvalue weighted by Gasteiger charge is 2.20. The summed E-state index contributed by atoms with van der Waals surface area (Å²) >= 11 is 3.25. The summed E-state index contributed by atoms with van der Waals surface area (Å²) in [4.78, 5) is 39.2. The lowest BCUT2D eigenvalue weighted by atomic mass is 10.1. The number of nitro groups is 1. The fraction of sp³-hybridized carbons (Fsp3) is 0.0500. The van der Waals surface area contributed by atoms with Crippen LogP contribution in [-0.2, 0) is 0 Å². The maximum atomic E-state index is 14.0. The largest absolute Gasteiger partial charge is 0.322 e. The van der Waals surface area contributed by atoms with Gasteiger partial charge in [-0.3, -0.25) is 19.7 Å². The molecule has 2 amide bonds. The van der Waals surface area contributed by atoms with E-state index in [1.165, 1.54) is 25.3 Å². The summed E-state index contributed by atoms with van der Waals surface area (Å²) in [6.45, 7) is 1.26. The highest BCUT2D eigenvalue weighted by Crippen LogP contribution is 2.24. The van der Waals surface area contributed by atoms with Crippen molar-refractivity contribution >= 4 is 44.9 Å². The maximum absolute atomic E-state index is 14.0. The number of hydrogen-bond donors (Lipinski definition) is 2. The molecule has 0 aliphatic rings. The summed E-state index contributed by atoms with van der Waals surface area (Å²) < 4.78 is 14.7. The lowest BCUT2D eigenvalue weighted by molar-refractivity contribution is -0.385. The fourth-order valence-corrected chi connectivity index (χ4v) is 2.80. The molecule has 1 aromatic heterocycles. The van der Waals surface area contributed by atoms with Gasteiger partial charge in [0.1, 0.15) is 11.6 Å². The Morgan fingerprint density at radius 1 is 1.07 bits per heavy atom. The second-order valence-electron chi connectivity index (χ2n) is 6.21. The van der Waals surface area contributed by atoms with E-state index in [4.69, 9.17) is 0 Å². The highest BCUT2D eigenvalue weighted by atomic mass is 79.9. The zero-order chi connectivity index (χ0) is 21.8. The molecule has 0 spiro atoms. The van der Waals surface area contributed by atoms with Crippen LogP contribution in [0.15, 0.2) is 59.2 Å². The monoisotopic (exact) mass is 472 g/mol. The molecule has 0 aliphatic carbocycles. The van der Waals surface area contributed by atoms with E-state index in [0.717, 1.165) is 16.6 Å². The third kappa shape index (κ3) is 4.84. The molecule has 0 atom stereocenters. The van der Waals surface area contributed by atoms with Gasteiger partial charge in [0.25, 0.3) is 17.5 Å². The SMILES string of the molecule is Cc1c(F)cc(C(=O)Nc2cccc(C(=O)Nc3ccc(Br)cn3)c2)cc1[N+](=O)[O-]. The minimum atomic E-state index is -0.857. The molecule has 8 nitrogen and oxygen atoms in total. The van der Waals surface area contributed by atoms with E-state index >= 15 is 0 Å². The molecule has 30 heavy (non-hydrogen) atoms. The van der Waals surface area contributed by atoms with Crippen molar-refractivity contribution in [2.75, 3.05) is 10.6 Å². The van der Waals surface area contributed by atoms with Gasteiger partial charge in [0.15, 0.2) is 0 Å². The van der Waals surface area contributed by atoms with Crippen molar-refractivity contribution in [1.82, 2.24) is 4.98 Å². The molecule has 3 aromatic rings. The molecule has 0 saturated heterocycles. The lowest BCUT2D eigenvalue weighted by Gasteiger charge is -2.09. The predicted molar refractivity (Wildman–Crippen MR) is 112 cm³/mol. The number of carbonyl (C=O) groups excluding carboxylic acids is 2. The Kier molecular flexibility index (Phi) is 6.17. The fourth-order valence-electron chi connectivity index (χ4n) is 2.56. The zero-order valence-corrected chi connectivity index (χ0v) is 17.1. The molecule has 0 saturated carbocycles. The molecule has 2 aromatic carbocycles. The smallest absolute Gasteiger partial charge is 0.276 e. The van der Waals surface area contributed by atoms with E-state index < -0.39 is 28.2 Å². The Morgan fingerprint density at radius 3 is 2.47 bits per heavy atom. The van der Waals surface area contributed by atoms with Crippen LogP contribution in [0.1, 0.15) is 26.3 Å². The van der Waals surface area contributed by atoms with Gasteiger partial charge in [-0.25, -0.2) is 9.37 Å². The number of nitrogens with one attached hydrogen (secondary N) is 2. The van der Waals surface area contributed by atoms with E-state index in [0.29, 0.717) is 5.82 Å². The number of benzene rings is 2. The minimum absolute atomic E-state index is 0.156. The number of hydrogen-bond acceptors (Lipinski definition) is 5. The summed E-state index contributed by atoms with van der Waals surface area (Å²) in [5.41, 5.74) is -0.343. The molecule has 0 aliphatic heterocycles. The first-order valence-corrected chi connectivity index (χ1v) is 9.33. The van der Waals surface area contributed by atoms with Crippen LogP contribution in [0.25, 0.3) is 0 Å². The van der Waals surface area contributed by atoms with Crippen LogP contribution in [0, 0.1) is 22.9 Å². The van der Waals surface area contributed by atoms with Gasteiger partial charge >= 0.3 is 0 Å². The first-order chi connectivity index (χ1) is 14.2. The molecular weight excluding hydrogens is 459 g/mol. The molecule has 0 radical (unpaired) electrons. The molecule has 0 unspecified atom stereocenters. The predicted octanol–water partition coefficient (Wildman–Crippen LogP) is 4.70. The van der Waals surface area contributed by atoms with Crippen LogP contribution in [0.4, 0.5) is 21.6 Å². The van der Waals surface area contributed by atoms with Crippen molar-refractivity contribution in [2.45, 2.75) is 6.92 Å². The van der Waals surface area contributed by atoms with E-state index in [-0.39, 0.29) is 22.4 Å². The number of nitrogens with zero attached hydrogens (tertiary/aromatic N) is 2. The topological polar surface area (TPSA) is 114 Å². The number of halogens is 2. The quantitative estimate of drug-likeness (QED) is 0.412. The number of rotatable bonds is 5. The van der Waals surface area contributed by atoms with Crippen LogP contribution in [0.2, 0.25) is 0 Å².